The maximum Gasteiger partial charge on any atom is 0.208 e. The fourth-order valence-electron chi connectivity index (χ4n) is 3.12. The highest BCUT2D eigenvalue weighted by atomic mass is 32.2. The third kappa shape index (κ3) is 3.46. The van der Waals surface area contributed by atoms with Gasteiger partial charge in [-0.3, -0.25) is 0 Å². The molecule has 4 rings (SSSR count). The van der Waals surface area contributed by atoms with E-state index in [1.54, 1.807) is 30.5 Å². The van der Waals surface area contributed by atoms with Crippen LogP contribution in [-0.4, -0.2) is 19.6 Å². The van der Waals surface area contributed by atoms with Gasteiger partial charge in [0.25, 0.3) is 0 Å². The number of ether oxygens (including phenoxy) is 1. The van der Waals surface area contributed by atoms with Crippen molar-refractivity contribution in [1.29, 1.82) is 0 Å². The van der Waals surface area contributed by atoms with Crippen molar-refractivity contribution in [3.05, 3.63) is 91.1 Å². The Bertz CT molecular complexity index is 1150. The van der Waals surface area contributed by atoms with Gasteiger partial charge in [0.2, 0.25) is 9.84 Å². The first-order valence-corrected chi connectivity index (χ1v) is 10.2. The van der Waals surface area contributed by atoms with Gasteiger partial charge < -0.3 is 9.30 Å². The normalized spacial score (nSPS) is 11.6. The topological polar surface area (TPSA) is 48.3 Å². The molecule has 0 aliphatic carbocycles. The largest absolute Gasteiger partial charge is 0.492 e. The van der Waals surface area contributed by atoms with Crippen molar-refractivity contribution < 1.29 is 13.2 Å². The summed E-state index contributed by atoms with van der Waals surface area (Å²) in [5.41, 5.74) is 0.878. The second-order valence-corrected chi connectivity index (χ2v) is 8.10. The summed E-state index contributed by atoms with van der Waals surface area (Å²) >= 11 is 0. The molecule has 27 heavy (non-hydrogen) atoms. The molecule has 0 saturated carbocycles. The zero-order valence-corrected chi connectivity index (χ0v) is 15.5. The average Bonchev–Trinajstić information content (AvgIpc) is 3.09. The predicted octanol–water partition coefficient (Wildman–Crippen LogP) is 4.55. The van der Waals surface area contributed by atoms with Crippen molar-refractivity contribution in [3.8, 4) is 5.75 Å². The summed E-state index contributed by atoms with van der Waals surface area (Å²) in [4.78, 5) is 0.623. The number of rotatable bonds is 6. The van der Waals surface area contributed by atoms with E-state index in [1.165, 1.54) is 0 Å². The number of aromatic nitrogens is 1. The molecule has 0 radical (unpaired) electrons. The molecular weight excluding hydrogens is 358 g/mol. The number of hydrogen-bond acceptors (Lipinski definition) is 3. The fraction of sp³-hybridized carbons (Fsp3) is 0.0909. The van der Waals surface area contributed by atoms with Crippen LogP contribution < -0.4 is 4.74 Å². The summed E-state index contributed by atoms with van der Waals surface area (Å²) in [6.07, 6.45) is 1.71. The number of hydrogen-bond donors (Lipinski definition) is 0. The van der Waals surface area contributed by atoms with Crippen molar-refractivity contribution >= 4 is 20.7 Å². The molecule has 0 atom stereocenters. The van der Waals surface area contributed by atoms with Crippen molar-refractivity contribution in [1.82, 2.24) is 4.57 Å². The van der Waals surface area contributed by atoms with Crippen LogP contribution in [-0.2, 0) is 16.4 Å². The standard InChI is InChI=1S/C22H19NO3S/c24-27(25,19-11-5-2-6-12-19)22-17-23(21-14-8-7-13-20(21)22)15-16-26-18-9-3-1-4-10-18/h1-14,17H,15-16H2. The Labute approximate surface area is 158 Å². The zero-order valence-electron chi connectivity index (χ0n) is 14.7. The first-order chi connectivity index (χ1) is 13.2. The number of nitrogens with zero attached hydrogens (tertiary/aromatic N) is 1. The Balaban J connectivity index is 1.67. The third-order valence-electron chi connectivity index (χ3n) is 4.44. The molecule has 0 fully saturated rings. The van der Waals surface area contributed by atoms with Crippen molar-refractivity contribution in [2.75, 3.05) is 6.61 Å². The van der Waals surface area contributed by atoms with Gasteiger partial charge in [-0.25, -0.2) is 8.42 Å². The average molecular weight is 377 g/mol. The van der Waals surface area contributed by atoms with E-state index in [0.29, 0.717) is 22.9 Å². The molecule has 0 unspecified atom stereocenters. The van der Waals surface area contributed by atoms with Gasteiger partial charge in [0.1, 0.15) is 12.4 Å². The highest BCUT2D eigenvalue weighted by Gasteiger charge is 2.22. The van der Waals surface area contributed by atoms with E-state index < -0.39 is 9.84 Å². The van der Waals surface area contributed by atoms with Crippen molar-refractivity contribution in [2.45, 2.75) is 16.3 Å². The molecule has 136 valence electrons. The third-order valence-corrected chi connectivity index (χ3v) is 6.24. The van der Waals surface area contributed by atoms with Crippen LogP contribution in [0.3, 0.4) is 0 Å². The highest BCUT2D eigenvalue weighted by molar-refractivity contribution is 7.91. The maximum atomic E-state index is 13.1. The first-order valence-electron chi connectivity index (χ1n) is 8.72. The monoisotopic (exact) mass is 377 g/mol. The smallest absolute Gasteiger partial charge is 0.208 e. The van der Waals surface area contributed by atoms with Gasteiger partial charge in [-0.05, 0) is 30.3 Å². The van der Waals surface area contributed by atoms with Crippen LogP contribution in [0.4, 0.5) is 0 Å². The molecule has 1 aromatic heterocycles. The summed E-state index contributed by atoms with van der Waals surface area (Å²) in [7, 11) is -3.58. The minimum atomic E-state index is -3.58. The van der Waals surface area contributed by atoms with Crippen LogP contribution in [0, 0.1) is 0 Å². The molecule has 1 heterocycles. The number of benzene rings is 3. The summed E-state index contributed by atoms with van der Waals surface area (Å²) in [6, 6.07) is 25.7. The number of fused-ring (bicyclic) bond motifs is 1. The number of para-hydroxylation sites is 2. The molecule has 3 aromatic carbocycles. The van der Waals surface area contributed by atoms with E-state index in [4.69, 9.17) is 4.74 Å². The Kier molecular flexibility index (Phi) is 4.69. The Morgan fingerprint density at radius 3 is 2.15 bits per heavy atom. The van der Waals surface area contributed by atoms with E-state index in [2.05, 4.69) is 0 Å². The molecule has 0 spiro atoms. The molecular formula is C22H19NO3S. The fourth-order valence-corrected chi connectivity index (χ4v) is 4.61. The molecule has 4 nitrogen and oxygen atoms in total. The van der Waals surface area contributed by atoms with Crippen LogP contribution in [0.1, 0.15) is 0 Å². The lowest BCUT2D eigenvalue weighted by atomic mass is 10.2. The van der Waals surface area contributed by atoms with Crippen LogP contribution >= 0.6 is 0 Å². The molecule has 0 saturated heterocycles. The molecule has 0 bridgehead atoms. The van der Waals surface area contributed by atoms with E-state index in [0.717, 1.165) is 16.7 Å². The second-order valence-electron chi connectivity index (χ2n) is 6.18. The number of sulfone groups is 1. The summed E-state index contributed by atoms with van der Waals surface area (Å²) in [5, 5.41) is 0.723. The first kappa shape index (κ1) is 17.4. The summed E-state index contributed by atoms with van der Waals surface area (Å²) in [6.45, 7) is 1.01. The minimum Gasteiger partial charge on any atom is -0.492 e. The van der Waals surface area contributed by atoms with E-state index >= 15 is 0 Å². The highest BCUT2D eigenvalue weighted by Crippen LogP contribution is 2.30. The van der Waals surface area contributed by atoms with Gasteiger partial charge in [-0.2, -0.15) is 0 Å². The van der Waals surface area contributed by atoms with Crippen LogP contribution in [0.25, 0.3) is 10.9 Å². The van der Waals surface area contributed by atoms with Gasteiger partial charge in [0.15, 0.2) is 0 Å². The lowest BCUT2D eigenvalue weighted by Gasteiger charge is -2.08. The van der Waals surface area contributed by atoms with Crippen molar-refractivity contribution in [2.24, 2.45) is 0 Å². The Hall–Kier alpha value is -3.05. The second kappa shape index (κ2) is 7.29. The van der Waals surface area contributed by atoms with E-state index in [9.17, 15) is 8.42 Å². The lowest BCUT2D eigenvalue weighted by molar-refractivity contribution is 0.300. The lowest BCUT2D eigenvalue weighted by Crippen LogP contribution is -2.07. The zero-order chi connectivity index (χ0) is 18.7. The van der Waals surface area contributed by atoms with Gasteiger partial charge in [-0.1, -0.05) is 54.6 Å². The van der Waals surface area contributed by atoms with Crippen LogP contribution in [0.15, 0.2) is 101 Å². The molecule has 0 amide bonds. The molecule has 0 aliphatic heterocycles. The summed E-state index contributed by atoms with van der Waals surface area (Å²) < 4.78 is 33.9. The Morgan fingerprint density at radius 1 is 0.778 bits per heavy atom. The minimum absolute atomic E-state index is 0.299. The van der Waals surface area contributed by atoms with Gasteiger partial charge in [0.05, 0.1) is 16.3 Å². The summed E-state index contributed by atoms with van der Waals surface area (Å²) in [5.74, 6) is 0.797. The van der Waals surface area contributed by atoms with E-state index in [1.807, 2.05) is 65.2 Å². The SMILES string of the molecule is O=S(=O)(c1ccccc1)c1cn(CCOc2ccccc2)c2ccccc12. The maximum absolute atomic E-state index is 13.1. The van der Waals surface area contributed by atoms with Gasteiger partial charge in [-0.15, -0.1) is 0 Å². The molecule has 0 N–H and O–H groups in total. The quantitative estimate of drug-likeness (QED) is 0.495. The van der Waals surface area contributed by atoms with Crippen LogP contribution in [0.5, 0.6) is 5.75 Å². The van der Waals surface area contributed by atoms with Gasteiger partial charge >= 0.3 is 0 Å². The Morgan fingerprint density at radius 2 is 1.41 bits per heavy atom. The van der Waals surface area contributed by atoms with Gasteiger partial charge in [0, 0.05) is 17.1 Å². The molecule has 5 heteroatoms. The molecule has 4 aromatic rings. The predicted molar refractivity (Wildman–Crippen MR) is 106 cm³/mol. The van der Waals surface area contributed by atoms with Crippen molar-refractivity contribution in [3.63, 3.8) is 0 Å². The van der Waals surface area contributed by atoms with E-state index in [-0.39, 0.29) is 0 Å². The van der Waals surface area contributed by atoms with Crippen LogP contribution in [0.2, 0.25) is 0 Å². The molecule has 0 aliphatic rings.